The Kier molecular flexibility index (Phi) is 7.32. The van der Waals surface area contributed by atoms with E-state index in [0.717, 1.165) is 35.8 Å². The van der Waals surface area contributed by atoms with Crippen LogP contribution in [0.25, 0.3) is 0 Å². The summed E-state index contributed by atoms with van der Waals surface area (Å²) in [5.74, 6) is 2.19. The van der Waals surface area contributed by atoms with Gasteiger partial charge >= 0.3 is 0 Å². The molecule has 0 bridgehead atoms. The molecule has 1 aromatic rings. The highest BCUT2D eigenvalue weighted by Gasteiger charge is 2.33. The van der Waals surface area contributed by atoms with E-state index in [4.69, 9.17) is 5.73 Å². The van der Waals surface area contributed by atoms with Gasteiger partial charge in [-0.25, -0.2) is 0 Å². The summed E-state index contributed by atoms with van der Waals surface area (Å²) in [7, 11) is 0. The number of amides is 2. The molecule has 5 nitrogen and oxygen atoms in total. The van der Waals surface area contributed by atoms with Crippen molar-refractivity contribution in [1.29, 1.82) is 0 Å². The summed E-state index contributed by atoms with van der Waals surface area (Å²) in [4.78, 5) is 26.8. The van der Waals surface area contributed by atoms with Crippen LogP contribution in [0.15, 0.2) is 24.3 Å². The molecule has 0 atom stereocenters. The van der Waals surface area contributed by atoms with Crippen LogP contribution in [0.3, 0.4) is 0 Å². The van der Waals surface area contributed by atoms with E-state index in [2.05, 4.69) is 5.32 Å². The monoisotopic (exact) mass is 363 g/mol. The van der Waals surface area contributed by atoms with Gasteiger partial charge in [-0.1, -0.05) is 26.0 Å². The summed E-state index contributed by atoms with van der Waals surface area (Å²) in [6.07, 6.45) is 1.84. The van der Waals surface area contributed by atoms with Crippen molar-refractivity contribution in [2.45, 2.75) is 33.1 Å². The van der Waals surface area contributed by atoms with Crippen LogP contribution in [0, 0.1) is 5.41 Å². The average molecular weight is 364 g/mol. The van der Waals surface area contributed by atoms with E-state index in [1.807, 2.05) is 54.8 Å². The number of rotatable bonds is 7. The Morgan fingerprint density at radius 1 is 1.16 bits per heavy atom. The van der Waals surface area contributed by atoms with Crippen molar-refractivity contribution in [3.63, 3.8) is 0 Å². The van der Waals surface area contributed by atoms with Crippen molar-refractivity contribution >= 4 is 29.3 Å². The molecule has 2 amide bonds. The van der Waals surface area contributed by atoms with Crippen molar-refractivity contribution in [2.24, 2.45) is 11.1 Å². The number of nitrogens with two attached hydrogens (primary N) is 1. The Morgan fingerprint density at radius 3 is 2.28 bits per heavy atom. The predicted octanol–water partition coefficient (Wildman–Crippen LogP) is 2.51. The van der Waals surface area contributed by atoms with E-state index >= 15 is 0 Å². The van der Waals surface area contributed by atoms with E-state index in [1.165, 1.54) is 0 Å². The summed E-state index contributed by atoms with van der Waals surface area (Å²) in [5, 5.41) is 2.96. The Hall–Kier alpha value is -1.53. The maximum absolute atomic E-state index is 12.5. The first-order valence-electron chi connectivity index (χ1n) is 9.00. The molecule has 0 spiro atoms. The molecule has 0 saturated carbocycles. The number of hydrogen-bond donors (Lipinski definition) is 2. The second-order valence-electron chi connectivity index (χ2n) is 6.51. The number of hydrogen-bond acceptors (Lipinski definition) is 4. The SMILES string of the molecule is CCC(CC)(CN)C(=O)Nc1ccc(CC(=O)N2CCSCC2)cc1. The molecule has 1 heterocycles. The van der Waals surface area contributed by atoms with Gasteiger partial charge < -0.3 is 16.0 Å². The van der Waals surface area contributed by atoms with E-state index in [1.54, 1.807) is 0 Å². The fourth-order valence-corrected chi connectivity index (χ4v) is 3.92. The first-order valence-corrected chi connectivity index (χ1v) is 10.2. The smallest absolute Gasteiger partial charge is 0.231 e. The number of thioether (sulfide) groups is 1. The molecule has 1 fully saturated rings. The van der Waals surface area contributed by atoms with E-state index < -0.39 is 5.41 Å². The van der Waals surface area contributed by atoms with Crippen LogP contribution >= 0.6 is 11.8 Å². The zero-order chi connectivity index (χ0) is 18.3. The van der Waals surface area contributed by atoms with E-state index in [-0.39, 0.29) is 11.8 Å². The quantitative estimate of drug-likeness (QED) is 0.780. The molecular weight excluding hydrogens is 334 g/mol. The Balaban J connectivity index is 1.95. The minimum absolute atomic E-state index is 0.0327. The lowest BCUT2D eigenvalue weighted by Crippen LogP contribution is -2.41. The van der Waals surface area contributed by atoms with Gasteiger partial charge in [0, 0.05) is 36.8 Å². The van der Waals surface area contributed by atoms with Gasteiger partial charge in [0.05, 0.1) is 11.8 Å². The van der Waals surface area contributed by atoms with E-state index in [0.29, 0.717) is 25.8 Å². The van der Waals surface area contributed by atoms with Gasteiger partial charge in [-0.15, -0.1) is 0 Å². The first-order chi connectivity index (χ1) is 12.0. The van der Waals surface area contributed by atoms with Gasteiger partial charge in [0.2, 0.25) is 11.8 Å². The third-order valence-electron chi connectivity index (χ3n) is 5.16. The highest BCUT2D eigenvalue weighted by molar-refractivity contribution is 7.99. The second kappa shape index (κ2) is 9.25. The third kappa shape index (κ3) is 4.98. The van der Waals surface area contributed by atoms with Crippen molar-refractivity contribution in [1.82, 2.24) is 4.90 Å². The molecule has 0 aromatic heterocycles. The molecule has 2 rings (SSSR count). The van der Waals surface area contributed by atoms with Crippen molar-refractivity contribution in [3.05, 3.63) is 29.8 Å². The number of nitrogens with one attached hydrogen (secondary N) is 1. The molecule has 1 aliphatic heterocycles. The Morgan fingerprint density at radius 2 is 1.76 bits per heavy atom. The molecule has 25 heavy (non-hydrogen) atoms. The number of carbonyl (C=O) groups is 2. The van der Waals surface area contributed by atoms with Crippen LogP contribution in [0.5, 0.6) is 0 Å². The minimum atomic E-state index is -0.513. The molecule has 1 saturated heterocycles. The molecule has 138 valence electrons. The fraction of sp³-hybridized carbons (Fsp3) is 0.579. The van der Waals surface area contributed by atoms with Crippen LogP contribution in [-0.2, 0) is 16.0 Å². The van der Waals surface area contributed by atoms with Crippen LogP contribution in [0.2, 0.25) is 0 Å². The maximum Gasteiger partial charge on any atom is 0.231 e. The topological polar surface area (TPSA) is 75.4 Å². The normalized spacial score (nSPS) is 15.1. The number of benzene rings is 1. The molecule has 3 N–H and O–H groups in total. The zero-order valence-corrected chi connectivity index (χ0v) is 16.0. The molecule has 0 radical (unpaired) electrons. The summed E-state index contributed by atoms with van der Waals surface area (Å²) < 4.78 is 0. The maximum atomic E-state index is 12.5. The average Bonchev–Trinajstić information content (AvgIpc) is 2.66. The molecular formula is C19H29N3O2S. The van der Waals surface area contributed by atoms with Gasteiger partial charge in [0.15, 0.2) is 0 Å². The summed E-state index contributed by atoms with van der Waals surface area (Å²) >= 11 is 1.89. The van der Waals surface area contributed by atoms with Crippen LogP contribution in [0.4, 0.5) is 5.69 Å². The minimum Gasteiger partial charge on any atom is -0.341 e. The highest BCUT2D eigenvalue weighted by atomic mass is 32.2. The standard InChI is InChI=1S/C19H29N3O2S/c1-3-19(4-2,14-20)18(24)21-16-7-5-15(6-8-16)13-17(23)22-9-11-25-12-10-22/h5-8H,3-4,9-14,20H2,1-2H3,(H,21,24). The molecule has 1 aromatic carbocycles. The summed E-state index contributed by atoms with van der Waals surface area (Å²) in [5.41, 5.74) is 7.03. The fourth-order valence-electron chi connectivity index (χ4n) is 3.02. The van der Waals surface area contributed by atoms with Crippen molar-refractivity contribution in [2.75, 3.05) is 36.5 Å². The zero-order valence-electron chi connectivity index (χ0n) is 15.2. The lowest BCUT2D eigenvalue weighted by atomic mass is 9.81. The number of anilines is 1. The van der Waals surface area contributed by atoms with Crippen LogP contribution < -0.4 is 11.1 Å². The van der Waals surface area contributed by atoms with Gasteiger partial charge in [0.25, 0.3) is 0 Å². The van der Waals surface area contributed by atoms with Crippen LogP contribution in [-0.4, -0.2) is 47.9 Å². The predicted molar refractivity (Wildman–Crippen MR) is 105 cm³/mol. The first kappa shape index (κ1) is 19.8. The lowest BCUT2D eigenvalue weighted by molar-refractivity contribution is -0.130. The summed E-state index contributed by atoms with van der Waals surface area (Å²) in [6.45, 7) is 6.00. The van der Waals surface area contributed by atoms with Crippen LogP contribution in [0.1, 0.15) is 32.3 Å². The largest absolute Gasteiger partial charge is 0.341 e. The van der Waals surface area contributed by atoms with Gasteiger partial charge in [-0.2, -0.15) is 11.8 Å². The van der Waals surface area contributed by atoms with Gasteiger partial charge in [-0.3, -0.25) is 9.59 Å². The second-order valence-corrected chi connectivity index (χ2v) is 7.74. The molecule has 0 aliphatic carbocycles. The Labute approximate surface area is 154 Å². The number of nitrogens with zero attached hydrogens (tertiary/aromatic N) is 1. The van der Waals surface area contributed by atoms with Gasteiger partial charge in [-0.05, 0) is 30.5 Å². The lowest BCUT2D eigenvalue weighted by Gasteiger charge is -2.28. The number of carbonyl (C=O) groups excluding carboxylic acids is 2. The molecule has 0 unspecified atom stereocenters. The van der Waals surface area contributed by atoms with E-state index in [9.17, 15) is 9.59 Å². The Bertz CT molecular complexity index is 571. The molecule has 6 heteroatoms. The highest BCUT2D eigenvalue weighted by Crippen LogP contribution is 2.27. The summed E-state index contributed by atoms with van der Waals surface area (Å²) in [6, 6.07) is 7.54. The van der Waals surface area contributed by atoms with Crippen molar-refractivity contribution < 1.29 is 9.59 Å². The molecule has 1 aliphatic rings. The van der Waals surface area contributed by atoms with Crippen molar-refractivity contribution in [3.8, 4) is 0 Å². The third-order valence-corrected chi connectivity index (χ3v) is 6.10. The van der Waals surface area contributed by atoms with Gasteiger partial charge in [0.1, 0.15) is 0 Å².